The van der Waals surface area contributed by atoms with Crippen molar-refractivity contribution in [2.45, 2.75) is 299 Å². The Morgan fingerprint density at radius 2 is 1.00 bits per heavy atom. The van der Waals surface area contributed by atoms with Gasteiger partial charge in [-0.1, -0.05) is 193 Å². The summed E-state index contributed by atoms with van der Waals surface area (Å²) in [6, 6.07) is -2.02. The molecule has 456 valence electrons. The average molecular weight is 1120 g/mol. The van der Waals surface area contributed by atoms with Crippen LogP contribution in [0.1, 0.15) is 233 Å². The largest absolute Gasteiger partial charge is 0.468 e. The predicted molar refractivity (Wildman–Crippen MR) is 298 cm³/mol. The van der Waals surface area contributed by atoms with Crippen LogP contribution in [0.4, 0.5) is 0 Å². The van der Waals surface area contributed by atoms with Gasteiger partial charge in [-0.15, -0.1) is 0 Å². The molecule has 0 spiro atoms. The molecule has 14 atom stereocenters. The number of allylic oxidation sites excluding steroid dienone is 2. The zero-order valence-corrected chi connectivity index (χ0v) is 46.1. The maximum atomic E-state index is 12.8. The molecule has 0 aromatic carbocycles. The molecule has 0 aromatic rings. The van der Waals surface area contributed by atoms with Crippen LogP contribution in [0, 0.1) is 0 Å². The molecule has 77 heavy (non-hydrogen) atoms. The highest BCUT2D eigenvalue weighted by atomic mass is 16.7. The van der Waals surface area contributed by atoms with Gasteiger partial charge in [0.2, 0.25) is 5.91 Å². The van der Waals surface area contributed by atoms with E-state index < -0.39 is 164 Å². The second-order valence-electron chi connectivity index (χ2n) is 19.6. The van der Waals surface area contributed by atoms with Gasteiger partial charge in [-0.25, -0.2) is 0 Å². The predicted octanol–water partition coefficient (Wildman–Crippen LogP) is 5.80. The van der Waals surface area contributed by atoms with Crippen molar-refractivity contribution < 1.29 is 104 Å². The molecule has 2 fully saturated rings. The van der Waals surface area contributed by atoms with Crippen LogP contribution in [0.2, 0.25) is 0 Å². The maximum absolute atomic E-state index is 12.8. The Morgan fingerprint density at radius 3 is 1.42 bits per heavy atom. The van der Waals surface area contributed by atoms with Gasteiger partial charge in [0.05, 0.1) is 57.3 Å². The van der Waals surface area contributed by atoms with E-state index in [2.05, 4.69) is 23.9 Å². The van der Waals surface area contributed by atoms with Crippen molar-refractivity contribution in [2.24, 2.45) is 5.73 Å². The van der Waals surface area contributed by atoms with Crippen molar-refractivity contribution in [3.63, 3.8) is 0 Å². The topological polar surface area (TPSA) is 321 Å². The van der Waals surface area contributed by atoms with E-state index in [1.165, 1.54) is 115 Å². The summed E-state index contributed by atoms with van der Waals surface area (Å²) in [6.45, 7) is -4.89. The summed E-state index contributed by atoms with van der Waals surface area (Å²) in [5.74, 6) is -1.10. The van der Waals surface area contributed by atoms with E-state index in [-0.39, 0.29) is 13.1 Å². The van der Waals surface area contributed by atoms with Gasteiger partial charge in [-0.2, -0.15) is 0 Å². The van der Waals surface area contributed by atoms with Crippen LogP contribution in [0.25, 0.3) is 0 Å². The number of nitrogens with two attached hydrogens (primary N) is 1. The molecule has 2 aliphatic rings. The first-order chi connectivity index (χ1) is 42.5. The number of unbranched alkanes of at least 4 members (excludes halogenated alkanes) is 22. The molecule has 13 N–H and O–H groups in total. The van der Waals surface area contributed by atoms with E-state index in [4.69, 9.17) is 43.9 Å². The molecule has 0 bridgehead atoms. The molecule has 1 amide bonds. The molecular weight excluding hydrogens is 997 g/mol. The summed E-state index contributed by atoms with van der Waals surface area (Å²) in [6.07, 6.45) is 5.12. The number of rotatable bonds is 44. The molecule has 0 aliphatic carbocycles. The third kappa shape index (κ3) is 36.7. The van der Waals surface area contributed by atoms with Crippen LogP contribution in [-0.4, -0.2) is 182 Å². The SMILES string of the molecule is CCCCCCCCCCCCC/C=C/[C@@H](O)[C@@H](N)CO[C@@H]1OC(CO)[C@H](O)[C@H](O)C1O.[2H]C([2H])([2H])C([2H])([2H])C([2H])([2H])CC(=O)N[C@@H](CO[C@@H]1OC(CO)[C@H](O)[C@H](O)C1O)[C@H](O)/C=C/CCCCCCCCCCCCC.[2H]C([2H])([2H])C([2H])([2H])C([2H])([2H])COC=O. The number of aliphatic hydroxyl groups excluding tert-OH is 10. The molecule has 19 heteroatoms. The molecule has 2 heterocycles. The standard InChI is InChI=1S/C29H55NO8.C24H47NO7.C5H10O2/c1-3-5-7-8-9-10-11-12-13-14-15-16-17-18-23(32)22(30-25(33)19-6-4-2)21-37-29-28(36)27(35)26(34)24(20-31)38-29;1-2-3-4-5-6-7-8-9-10-11-12-13-14-15-19(27)18(25)17-31-24-23(30)22(29)21(28)20(16-26)32-24;1-2-3-4-7-5-6/h17-18,22-24,26-29,31-32,34-36H,3-16,19-21H2,1-2H3,(H,30,33);14-15,18-24,26-30H,2-13,16-17,25H2,1H3;5H,2-4H2,1H3/b18-17+;15-14+;/t22-,23+,24?,26-,27-,28?,29+;18-,19+,20?,21-,22-,23?,24+;/m00./s1/i2D3,4D2,6D2;;1D3,2D2,3D2. The highest BCUT2D eigenvalue weighted by Crippen LogP contribution is 2.24. The van der Waals surface area contributed by atoms with Gasteiger partial charge in [0, 0.05) is 25.6 Å². The van der Waals surface area contributed by atoms with Crippen molar-refractivity contribution in [1.82, 2.24) is 5.32 Å². The quantitative estimate of drug-likeness (QED) is 0.0195. The Hall–Kier alpha value is -2.18. The van der Waals surface area contributed by atoms with Crippen LogP contribution in [0.5, 0.6) is 0 Å². The minimum Gasteiger partial charge on any atom is -0.468 e. The first-order valence-electron chi connectivity index (χ1n) is 35.1. The fourth-order valence-electron chi connectivity index (χ4n) is 8.23. The number of nitrogens with one attached hydrogen (secondary N) is 1. The molecule has 4 unspecified atom stereocenters. The summed E-state index contributed by atoms with van der Waals surface area (Å²) < 4.78 is 128. The lowest BCUT2D eigenvalue weighted by molar-refractivity contribution is -0.302. The fourth-order valence-corrected chi connectivity index (χ4v) is 8.23. The fraction of sp³-hybridized carbons (Fsp3) is 0.897. The third-order valence-corrected chi connectivity index (χ3v) is 13.1. The van der Waals surface area contributed by atoms with Crippen molar-refractivity contribution in [2.75, 3.05) is 33.0 Å². The minimum absolute atomic E-state index is 0.0621. The Balaban J connectivity index is 0.00000152. The lowest BCUT2D eigenvalue weighted by atomic mass is 9.99. The first-order valence-corrected chi connectivity index (χ1v) is 28.1. The highest BCUT2D eigenvalue weighted by Gasteiger charge is 2.45. The summed E-state index contributed by atoms with van der Waals surface area (Å²) in [5.41, 5.74) is 5.93. The summed E-state index contributed by atoms with van der Waals surface area (Å²) >= 11 is 0. The van der Waals surface area contributed by atoms with Gasteiger partial charge in [0.15, 0.2) is 12.6 Å². The van der Waals surface area contributed by atoms with Crippen LogP contribution < -0.4 is 11.1 Å². The Labute approximate surface area is 483 Å². The Bertz CT molecular complexity index is 1950. The minimum atomic E-state index is -3.35. The first kappa shape index (κ1) is 52.9. The maximum Gasteiger partial charge on any atom is 0.293 e. The number of amides is 1. The van der Waals surface area contributed by atoms with E-state index in [0.717, 1.165) is 38.5 Å². The number of carbonyl (C=O) groups is 2. The van der Waals surface area contributed by atoms with Crippen LogP contribution in [0.15, 0.2) is 24.3 Å². The third-order valence-electron chi connectivity index (χ3n) is 13.1. The smallest absolute Gasteiger partial charge is 0.293 e. The van der Waals surface area contributed by atoms with Crippen molar-refractivity contribution in [3.05, 3.63) is 24.3 Å². The summed E-state index contributed by atoms with van der Waals surface area (Å²) in [5, 5.41) is 102. The van der Waals surface area contributed by atoms with Gasteiger partial charge in [0.1, 0.15) is 48.8 Å². The zero-order valence-electron chi connectivity index (χ0n) is 60.1. The molecule has 2 aliphatic heterocycles. The average Bonchev–Trinajstić information content (AvgIpc) is 0.812. The van der Waals surface area contributed by atoms with Gasteiger partial charge in [-0.3, -0.25) is 9.59 Å². The lowest BCUT2D eigenvalue weighted by Crippen LogP contribution is -2.60. The molecule has 19 nitrogen and oxygen atoms in total. The van der Waals surface area contributed by atoms with Crippen LogP contribution in [0.3, 0.4) is 0 Å². The summed E-state index contributed by atoms with van der Waals surface area (Å²) in [4.78, 5) is 22.5. The van der Waals surface area contributed by atoms with Gasteiger partial charge in [0.25, 0.3) is 6.47 Å². The molecule has 2 saturated heterocycles. The van der Waals surface area contributed by atoms with Gasteiger partial charge < -0.3 is 85.8 Å². The molecule has 2 rings (SSSR count). The molecule has 0 saturated carbocycles. The van der Waals surface area contributed by atoms with Crippen molar-refractivity contribution in [1.29, 1.82) is 0 Å². The number of ether oxygens (including phenoxy) is 5. The second kappa shape index (κ2) is 50.8. The van der Waals surface area contributed by atoms with Crippen molar-refractivity contribution >= 4 is 12.4 Å². The second-order valence-corrected chi connectivity index (χ2v) is 19.6. The van der Waals surface area contributed by atoms with E-state index in [1.54, 1.807) is 12.2 Å². The molecule has 0 aromatic heterocycles. The molecular formula is C58H112N2O17. The van der Waals surface area contributed by atoms with E-state index >= 15 is 0 Å². The molecule has 0 radical (unpaired) electrons. The Morgan fingerprint density at radius 1 is 0.597 bits per heavy atom. The summed E-state index contributed by atoms with van der Waals surface area (Å²) in [7, 11) is 0. The van der Waals surface area contributed by atoms with Crippen molar-refractivity contribution in [3.8, 4) is 0 Å². The normalized spacial score (nSPS) is 28.8. The van der Waals surface area contributed by atoms with Gasteiger partial charge >= 0.3 is 0 Å². The monoisotopic (exact) mass is 1120 g/mol. The lowest BCUT2D eigenvalue weighted by Gasteiger charge is -2.40. The van der Waals surface area contributed by atoms with E-state index in [9.17, 15) is 60.7 Å². The van der Waals surface area contributed by atoms with E-state index in [1.807, 2.05) is 6.08 Å². The number of hydrogen-bond acceptors (Lipinski definition) is 18. The van der Waals surface area contributed by atoms with Crippen LogP contribution in [-0.2, 0) is 33.3 Å². The number of hydrogen-bond donors (Lipinski definition) is 12. The van der Waals surface area contributed by atoms with Gasteiger partial charge in [-0.05, 0) is 38.4 Å². The highest BCUT2D eigenvalue weighted by molar-refractivity contribution is 5.76. The number of carbonyl (C=O) groups excluding carboxylic acids is 2. The Kier molecular flexibility index (Phi) is 34.8. The van der Waals surface area contributed by atoms with E-state index in [0.29, 0.717) is 6.42 Å². The zero-order chi connectivity index (χ0) is 69.7. The van der Waals surface area contributed by atoms with Crippen LogP contribution >= 0.6 is 0 Å². The number of aliphatic hydroxyl groups is 10.